The van der Waals surface area contributed by atoms with Crippen molar-refractivity contribution in [1.82, 2.24) is 9.88 Å². The third kappa shape index (κ3) is 2.57. The van der Waals surface area contributed by atoms with Gasteiger partial charge in [0.2, 0.25) is 0 Å². The Kier molecular flexibility index (Phi) is 3.51. The largest absolute Gasteiger partial charge is 0.367 e. The number of nitriles is 1. The second-order valence-corrected chi connectivity index (χ2v) is 6.01. The van der Waals surface area contributed by atoms with E-state index in [1.54, 1.807) is 0 Å². The van der Waals surface area contributed by atoms with E-state index in [-0.39, 0.29) is 5.54 Å². The number of hydrogen-bond donors (Lipinski definition) is 0. The summed E-state index contributed by atoms with van der Waals surface area (Å²) in [5, 5.41) is 9.38. The van der Waals surface area contributed by atoms with E-state index in [0.29, 0.717) is 5.56 Å². The van der Waals surface area contributed by atoms with Gasteiger partial charge in [-0.1, -0.05) is 0 Å². The van der Waals surface area contributed by atoms with Crippen LogP contribution in [0.5, 0.6) is 0 Å². The molecule has 0 aliphatic carbocycles. The van der Waals surface area contributed by atoms with E-state index in [1.165, 1.54) is 0 Å². The number of nitrogens with zero attached hydrogens (tertiary/aromatic N) is 4. The Labute approximate surface area is 115 Å². The van der Waals surface area contributed by atoms with E-state index < -0.39 is 0 Å². The highest BCUT2D eigenvalue weighted by Crippen LogP contribution is 2.28. The zero-order valence-electron chi connectivity index (χ0n) is 12.5. The number of aryl methyl sites for hydroxylation is 2. The van der Waals surface area contributed by atoms with Crippen LogP contribution in [0.2, 0.25) is 0 Å². The zero-order valence-corrected chi connectivity index (χ0v) is 12.5. The van der Waals surface area contributed by atoms with Crippen LogP contribution in [0, 0.1) is 25.2 Å². The molecule has 0 amide bonds. The Morgan fingerprint density at radius 3 is 2.58 bits per heavy atom. The molecule has 4 heteroatoms. The third-order valence-electron chi connectivity index (χ3n) is 4.08. The molecule has 4 nitrogen and oxygen atoms in total. The van der Waals surface area contributed by atoms with Gasteiger partial charge in [-0.15, -0.1) is 0 Å². The molecule has 1 saturated heterocycles. The van der Waals surface area contributed by atoms with Gasteiger partial charge in [0.1, 0.15) is 6.07 Å². The molecule has 0 saturated carbocycles. The van der Waals surface area contributed by atoms with E-state index in [2.05, 4.69) is 41.7 Å². The molecule has 0 radical (unpaired) electrons. The summed E-state index contributed by atoms with van der Waals surface area (Å²) in [6, 6.07) is 4.34. The second-order valence-electron chi connectivity index (χ2n) is 6.01. The SMILES string of the molecule is Cc1cc(N2CCN(C)C(C)(C)C2)c(C#N)c(C)n1. The molecule has 0 spiro atoms. The van der Waals surface area contributed by atoms with Gasteiger partial charge in [-0.05, 0) is 40.8 Å². The zero-order chi connectivity index (χ0) is 14.2. The van der Waals surface area contributed by atoms with Crippen molar-refractivity contribution in [2.75, 3.05) is 31.6 Å². The minimum absolute atomic E-state index is 0.121. The predicted molar refractivity (Wildman–Crippen MR) is 77.3 cm³/mol. The summed E-state index contributed by atoms with van der Waals surface area (Å²) in [5.74, 6) is 0. The van der Waals surface area contributed by atoms with E-state index in [1.807, 2.05) is 19.9 Å². The highest BCUT2D eigenvalue weighted by Gasteiger charge is 2.32. The summed E-state index contributed by atoms with van der Waals surface area (Å²) in [4.78, 5) is 9.08. The van der Waals surface area contributed by atoms with Gasteiger partial charge in [0.05, 0.1) is 16.9 Å². The Morgan fingerprint density at radius 1 is 1.32 bits per heavy atom. The highest BCUT2D eigenvalue weighted by atomic mass is 15.3. The van der Waals surface area contributed by atoms with Gasteiger partial charge in [0.15, 0.2) is 0 Å². The molecule has 2 rings (SSSR count). The molecule has 1 fully saturated rings. The van der Waals surface area contributed by atoms with E-state index in [4.69, 9.17) is 0 Å². The summed E-state index contributed by atoms with van der Waals surface area (Å²) in [7, 11) is 2.16. The fraction of sp³-hybridized carbons (Fsp3) is 0.600. The maximum Gasteiger partial charge on any atom is 0.103 e. The molecule has 1 aliphatic heterocycles. The summed E-state index contributed by atoms with van der Waals surface area (Å²) in [6.45, 7) is 11.3. The fourth-order valence-corrected chi connectivity index (χ4v) is 2.64. The first-order valence-corrected chi connectivity index (χ1v) is 6.69. The Balaban J connectivity index is 2.41. The molecule has 1 aromatic rings. The maximum atomic E-state index is 9.38. The standard InChI is InChI=1S/C15H22N4/c1-11-8-14(13(9-16)12(2)17-11)19-7-6-18(5)15(3,4)10-19/h8H,6-7,10H2,1-5H3. The Bertz CT molecular complexity index is 528. The number of anilines is 1. The number of rotatable bonds is 1. The van der Waals surface area contributed by atoms with Crippen molar-refractivity contribution in [1.29, 1.82) is 5.26 Å². The van der Waals surface area contributed by atoms with Gasteiger partial charge < -0.3 is 4.90 Å². The molecule has 1 aromatic heterocycles. The van der Waals surface area contributed by atoms with E-state index in [0.717, 1.165) is 36.7 Å². The first kappa shape index (κ1) is 13.8. The average molecular weight is 258 g/mol. The van der Waals surface area contributed by atoms with Crippen LogP contribution < -0.4 is 4.90 Å². The lowest BCUT2D eigenvalue weighted by Gasteiger charge is -2.46. The minimum atomic E-state index is 0.121. The monoisotopic (exact) mass is 258 g/mol. The quantitative estimate of drug-likeness (QED) is 0.773. The summed E-state index contributed by atoms with van der Waals surface area (Å²) >= 11 is 0. The molecule has 102 valence electrons. The normalized spacial score (nSPS) is 19.3. The molecule has 2 heterocycles. The van der Waals surface area contributed by atoms with E-state index in [9.17, 15) is 5.26 Å². The average Bonchev–Trinajstić information content (AvgIpc) is 2.31. The van der Waals surface area contributed by atoms with Crippen molar-refractivity contribution in [3.63, 3.8) is 0 Å². The number of hydrogen-bond acceptors (Lipinski definition) is 4. The molecule has 0 atom stereocenters. The topological polar surface area (TPSA) is 43.2 Å². The van der Waals surface area contributed by atoms with Gasteiger partial charge in [-0.2, -0.15) is 5.26 Å². The van der Waals surface area contributed by atoms with Gasteiger partial charge in [-0.25, -0.2) is 0 Å². The third-order valence-corrected chi connectivity index (χ3v) is 4.08. The summed E-state index contributed by atoms with van der Waals surface area (Å²) in [6.07, 6.45) is 0. The van der Waals surface area contributed by atoms with Gasteiger partial charge in [0, 0.05) is 30.9 Å². The van der Waals surface area contributed by atoms with Crippen LogP contribution in [0.3, 0.4) is 0 Å². The molecular formula is C15H22N4. The lowest BCUT2D eigenvalue weighted by Crippen LogP contribution is -2.57. The van der Waals surface area contributed by atoms with Crippen molar-refractivity contribution in [3.8, 4) is 6.07 Å². The van der Waals surface area contributed by atoms with Crippen molar-refractivity contribution in [2.24, 2.45) is 0 Å². The van der Waals surface area contributed by atoms with Crippen molar-refractivity contribution in [2.45, 2.75) is 33.2 Å². The van der Waals surface area contributed by atoms with Crippen LogP contribution in [0.4, 0.5) is 5.69 Å². The maximum absolute atomic E-state index is 9.38. The van der Waals surface area contributed by atoms with Crippen LogP contribution >= 0.6 is 0 Å². The van der Waals surface area contributed by atoms with Crippen molar-refractivity contribution in [3.05, 3.63) is 23.0 Å². The van der Waals surface area contributed by atoms with Crippen LogP contribution in [-0.4, -0.2) is 42.1 Å². The fourth-order valence-electron chi connectivity index (χ4n) is 2.64. The van der Waals surface area contributed by atoms with Crippen LogP contribution in [0.15, 0.2) is 6.07 Å². The van der Waals surface area contributed by atoms with Crippen LogP contribution in [0.25, 0.3) is 0 Å². The molecule has 0 unspecified atom stereocenters. The lowest BCUT2D eigenvalue weighted by atomic mass is 9.98. The molecule has 1 aliphatic rings. The number of piperazine rings is 1. The van der Waals surface area contributed by atoms with Gasteiger partial charge in [-0.3, -0.25) is 9.88 Å². The second kappa shape index (κ2) is 4.82. The molecule has 0 N–H and O–H groups in total. The molecular weight excluding hydrogens is 236 g/mol. The highest BCUT2D eigenvalue weighted by molar-refractivity contribution is 5.62. The first-order valence-electron chi connectivity index (χ1n) is 6.69. The molecule has 0 bridgehead atoms. The minimum Gasteiger partial charge on any atom is -0.367 e. The Hall–Kier alpha value is -1.60. The van der Waals surface area contributed by atoms with Crippen molar-refractivity contribution < 1.29 is 0 Å². The predicted octanol–water partition coefficient (Wildman–Crippen LogP) is 2.10. The van der Waals surface area contributed by atoms with E-state index >= 15 is 0 Å². The van der Waals surface area contributed by atoms with Crippen LogP contribution in [0.1, 0.15) is 30.8 Å². The van der Waals surface area contributed by atoms with Crippen molar-refractivity contribution >= 4 is 5.69 Å². The number of likely N-dealkylation sites (N-methyl/N-ethyl adjacent to an activating group) is 1. The Morgan fingerprint density at radius 2 is 2.00 bits per heavy atom. The van der Waals surface area contributed by atoms with Gasteiger partial charge >= 0.3 is 0 Å². The van der Waals surface area contributed by atoms with Crippen LogP contribution in [-0.2, 0) is 0 Å². The number of aromatic nitrogens is 1. The molecule has 19 heavy (non-hydrogen) atoms. The summed E-state index contributed by atoms with van der Waals surface area (Å²) in [5.41, 5.74) is 3.67. The lowest BCUT2D eigenvalue weighted by molar-refractivity contribution is 0.139. The first-order chi connectivity index (χ1) is 8.85. The van der Waals surface area contributed by atoms with Gasteiger partial charge in [0.25, 0.3) is 0 Å². The smallest absolute Gasteiger partial charge is 0.103 e. The summed E-state index contributed by atoms with van der Waals surface area (Å²) < 4.78 is 0. The number of pyridine rings is 1. The molecule has 0 aromatic carbocycles.